The van der Waals surface area contributed by atoms with E-state index in [1.54, 1.807) is 42.8 Å². The molecule has 0 saturated heterocycles. The summed E-state index contributed by atoms with van der Waals surface area (Å²) in [5.41, 5.74) is 1.50. The largest absolute Gasteiger partial charge is 0.255 e. The van der Waals surface area contributed by atoms with Crippen LogP contribution in [0, 0.1) is 0 Å². The van der Waals surface area contributed by atoms with Crippen LogP contribution < -0.4 is 0 Å². The Balaban J connectivity index is 2.04. The molecule has 0 amide bonds. The minimum atomic E-state index is -3.57. The van der Waals surface area contributed by atoms with Crippen LogP contribution in [0.1, 0.15) is 5.56 Å². The van der Waals surface area contributed by atoms with Crippen molar-refractivity contribution in [1.82, 2.24) is 9.29 Å². The summed E-state index contributed by atoms with van der Waals surface area (Å²) >= 11 is 1.56. The zero-order chi connectivity index (χ0) is 14.9. The minimum absolute atomic E-state index is 0.248. The maximum Gasteiger partial charge on any atom is 0.245 e. The number of para-hydroxylation sites is 1. The van der Waals surface area contributed by atoms with Gasteiger partial charge >= 0.3 is 0 Å². The Kier molecular flexibility index (Phi) is 3.75. The van der Waals surface area contributed by atoms with E-state index in [2.05, 4.69) is 4.98 Å². The highest BCUT2D eigenvalue weighted by atomic mass is 32.2. The molecule has 21 heavy (non-hydrogen) atoms. The predicted molar refractivity (Wildman–Crippen MR) is 84.7 cm³/mol. The number of pyridine rings is 1. The molecule has 2 heterocycles. The maximum absolute atomic E-state index is 12.8. The molecule has 0 aliphatic heterocycles. The van der Waals surface area contributed by atoms with Gasteiger partial charge in [-0.2, -0.15) is 15.6 Å². The second kappa shape index (κ2) is 5.55. The third-order valence-corrected chi connectivity index (χ3v) is 5.84. The summed E-state index contributed by atoms with van der Waals surface area (Å²) in [5.74, 6) is 0. The lowest BCUT2D eigenvalue weighted by atomic mass is 10.2. The van der Waals surface area contributed by atoms with Gasteiger partial charge in [0, 0.05) is 25.2 Å². The Hall–Kier alpha value is -1.76. The van der Waals surface area contributed by atoms with Gasteiger partial charge in [0.15, 0.2) is 0 Å². The first-order chi connectivity index (χ1) is 10.1. The molecular formula is C15H14N2O2S2. The molecule has 0 spiro atoms. The summed E-state index contributed by atoms with van der Waals surface area (Å²) in [7, 11) is -1.97. The Morgan fingerprint density at radius 2 is 2.00 bits per heavy atom. The van der Waals surface area contributed by atoms with Gasteiger partial charge in [0.05, 0.1) is 5.52 Å². The first kappa shape index (κ1) is 14.2. The van der Waals surface area contributed by atoms with Crippen LogP contribution in [-0.2, 0) is 16.6 Å². The summed E-state index contributed by atoms with van der Waals surface area (Å²) in [5, 5.41) is 4.71. The first-order valence-electron chi connectivity index (χ1n) is 6.40. The Morgan fingerprint density at radius 1 is 1.19 bits per heavy atom. The molecule has 2 aromatic heterocycles. The van der Waals surface area contributed by atoms with Crippen molar-refractivity contribution in [3.63, 3.8) is 0 Å². The number of rotatable bonds is 4. The van der Waals surface area contributed by atoms with Gasteiger partial charge in [0.1, 0.15) is 4.90 Å². The molecule has 3 aromatic rings. The third kappa shape index (κ3) is 2.70. The van der Waals surface area contributed by atoms with Crippen LogP contribution in [0.2, 0.25) is 0 Å². The lowest BCUT2D eigenvalue weighted by Gasteiger charge is -2.17. The lowest BCUT2D eigenvalue weighted by Crippen LogP contribution is -2.26. The SMILES string of the molecule is CN(Cc1ccsc1)S(=O)(=O)c1cccc2cccnc12. The first-order valence-corrected chi connectivity index (χ1v) is 8.78. The van der Waals surface area contributed by atoms with E-state index in [-0.39, 0.29) is 4.90 Å². The molecule has 1 aromatic carbocycles. The predicted octanol–water partition coefficient (Wildman–Crippen LogP) is 3.12. The summed E-state index contributed by atoms with van der Waals surface area (Å²) in [6.07, 6.45) is 1.61. The van der Waals surface area contributed by atoms with Crippen molar-refractivity contribution in [2.45, 2.75) is 11.4 Å². The highest BCUT2D eigenvalue weighted by molar-refractivity contribution is 7.89. The molecule has 6 heteroatoms. The molecule has 4 nitrogen and oxygen atoms in total. The molecule has 0 bridgehead atoms. The number of aromatic nitrogens is 1. The fourth-order valence-corrected chi connectivity index (χ4v) is 4.16. The highest BCUT2D eigenvalue weighted by Gasteiger charge is 2.23. The monoisotopic (exact) mass is 318 g/mol. The number of benzene rings is 1. The molecule has 0 aliphatic rings. The van der Waals surface area contributed by atoms with Crippen molar-refractivity contribution < 1.29 is 8.42 Å². The topological polar surface area (TPSA) is 50.3 Å². The second-order valence-electron chi connectivity index (χ2n) is 4.72. The normalized spacial score (nSPS) is 12.1. The number of thiophene rings is 1. The van der Waals surface area contributed by atoms with E-state index in [1.165, 1.54) is 4.31 Å². The van der Waals surface area contributed by atoms with Crippen molar-refractivity contribution in [2.24, 2.45) is 0 Å². The van der Waals surface area contributed by atoms with Gasteiger partial charge < -0.3 is 0 Å². The van der Waals surface area contributed by atoms with Crippen molar-refractivity contribution in [2.75, 3.05) is 7.05 Å². The number of fused-ring (bicyclic) bond motifs is 1. The quantitative estimate of drug-likeness (QED) is 0.742. The fourth-order valence-electron chi connectivity index (χ4n) is 2.18. The molecule has 0 atom stereocenters. The van der Waals surface area contributed by atoms with E-state index in [1.807, 2.05) is 29.0 Å². The summed E-state index contributed by atoms with van der Waals surface area (Å²) in [6, 6.07) is 10.8. The zero-order valence-electron chi connectivity index (χ0n) is 11.4. The average molecular weight is 318 g/mol. The molecule has 0 radical (unpaired) electrons. The van der Waals surface area contributed by atoms with Gasteiger partial charge in [-0.1, -0.05) is 18.2 Å². The molecule has 3 rings (SSSR count). The maximum atomic E-state index is 12.8. The lowest BCUT2D eigenvalue weighted by molar-refractivity contribution is 0.468. The highest BCUT2D eigenvalue weighted by Crippen LogP contribution is 2.24. The van der Waals surface area contributed by atoms with E-state index < -0.39 is 10.0 Å². The standard InChI is InChI=1S/C15H14N2O2S2/c1-17(10-12-7-9-20-11-12)21(18,19)14-6-2-4-13-5-3-8-16-15(13)14/h2-9,11H,10H2,1H3. The smallest absolute Gasteiger partial charge is 0.245 e. The van der Waals surface area contributed by atoms with Gasteiger partial charge in [0.2, 0.25) is 10.0 Å². The average Bonchev–Trinajstić information content (AvgIpc) is 2.99. The van der Waals surface area contributed by atoms with E-state index in [0.29, 0.717) is 12.1 Å². The molecule has 0 fully saturated rings. The summed E-state index contributed by atoms with van der Waals surface area (Å²) in [6.45, 7) is 0.356. The van der Waals surface area contributed by atoms with Crippen molar-refractivity contribution in [1.29, 1.82) is 0 Å². The van der Waals surface area contributed by atoms with Crippen LogP contribution in [0.4, 0.5) is 0 Å². The summed E-state index contributed by atoms with van der Waals surface area (Å²) < 4.78 is 26.9. The molecule has 0 saturated carbocycles. The molecule has 0 unspecified atom stereocenters. The molecule has 0 aliphatic carbocycles. The zero-order valence-corrected chi connectivity index (χ0v) is 13.1. The van der Waals surface area contributed by atoms with Crippen molar-refractivity contribution in [3.8, 4) is 0 Å². The molecular weight excluding hydrogens is 304 g/mol. The van der Waals surface area contributed by atoms with Crippen LogP contribution >= 0.6 is 11.3 Å². The van der Waals surface area contributed by atoms with Crippen LogP contribution in [0.5, 0.6) is 0 Å². The van der Waals surface area contributed by atoms with Gasteiger partial charge in [-0.3, -0.25) is 4.98 Å². The Morgan fingerprint density at radius 3 is 2.76 bits per heavy atom. The number of sulfonamides is 1. The van der Waals surface area contributed by atoms with Crippen LogP contribution in [0.3, 0.4) is 0 Å². The van der Waals surface area contributed by atoms with Gasteiger partial charge in [0.25, 0.3) is 0 Å². The number of nitrogens with zero attached hydrogens (tertiary/aromatic N) is 2. The minimum Gasteiger partial charge on any atom is -0.255 e. The molecule has 0 N–H and O–H groups in total. The van der Waals surface area contributed by atoms with Gasteiger partial charge in [-0.15, -0.1) is 0 Å². The van der Waals surface area contributed by atoms with Gasteiger partial charge in [-0.25, -0.2) is 8.42 Å². The van der Waals surface area contributed by atoms with E-state index >= 15 is 0 Å². The fraction of sp³-hybridized carbons (Fsp3) is 0.133. The number of hydrogen-bond donors (Lipinski definition) is 0. The number of hydrogen-bond acceptors (Lipinski definition) is 4. The van der Waals surface area contributed by atoms with E-state index in [0.717, 1.165) is 10.9 Å². The third-order valence-electron chi connectivity index (χ3n) is 3.27. The van der Waals surface area contributed by atoms with E-state index in [9.17, 15) is 8.42 Å². The Labute approximate surface area is 127 Å². The molecule has 108 valence electrons. The van der Waals surface area contributed by atoms with Crippen LogP contribution in [0.25, 0.3) is 10.9 Å². The van der Waals surface area contributed by atoms with Crippen LogP contribution in [0.15, 0.2) is 58.3 Å². The summed E-state index contributed by atoms with van der Waals surface area (Å²) in [4.78, 5) is 4.47. The van der Waals surface area contributed by atoms with Crippen LogP contribution in [-0.4, -0.2) is 24.8 Å². The van der Waals surface area contributed by atoms with Crippen molar-refractivity contribution >= 4 is 32.3 Å². The van der Waals surface area contributed by atoms with Crippen molar-refractivity contribution in [3.05, 3.63) is 58.9 Å². The second-order valence-corrected chi connectivity index (χ2v) is 7.52. The van der Waals surface area contributed by atoms with E-state index in [4.69, 9.17) is 0 Å². The Bertz CT molecular complexity index is 853. The van der Waals surface area contributed by atoms with Gasteiger partial charge in [-0.05, 0) is 34.5 Å².